The van der Waals surface area contributed by atoms with E-state index in [-0.39, 0.29) is 16.5 Å². The molecule has 0 amide bonds. The molecule has 0 aliphatic heterocycles. The number of hydrogen-bond acceptors (Lipinski definition) is 5. The number of ether oxygens (including phenoxy) is 1. The third-order valence-corrected chi connectivity index (χ3v) is 4.69. The molecule has 0 fully saturated rings. The largest absolute Gasteiger partial charge is 0.495 e. The molecule has 4 N–H and O–H groups in total. The number of nitrogens with one attached hydrogen (secondary N) is 2. The molecule has 0 aliphatic carbocycles. The highest BCUT2D eigenvalue weighted by Crippen LogP contribution is 2.30. The van der Waals surface area contributed by atoms with Crippen molar-refractivity contribution in [3.05, 3.63) is 29.0 Å². The minimum Gasteiger partial charge on any atom is -0.495 e. The highest BCUT2D eigenvalue weighted by Gasteiger charge is 2.23. The van der Waals surface area contributed by atoms with Gasteiger partial charge in [-0.1, -0.05) is 0 Å². The van der Waals surface area contributed by atoms with Crippen LogP contribution in [0.5, 0.6) is 5.75 Å². The van der Waals surface area contributed by atoms with Crippen LogP contribution in [0.4, 0.5) is 11.5 Å². The van der Waals surface area contributed by atoms with Gasteiger partial charge in [0.25, 0.3) is 10.0 Å². The summed E-state index contributed by atoms with van der Waals surface area (Å²) in [4.78, 5) is -0.0202. The van der Waals surface area contributed by atoms with Gasteiger partial charge in [-0.2, -0.15) is 5.10 Å². The van der Waals surface area contributed by atoms with E-state index < -0.39 is 10.0 Å². The SMILES string of the molecule is COc1cc(C)c(N)cc1S(=O)(=O)Nc1n[nH]c(C)c1C. The lowest BCUT2D eigenvalue weighted by Gasteiger charge is -2.13. The molecule has 2 rings (SSSR count). The van der Waals surface area contributed by atoms with E-state index in [0.717, 1.165) is 16.8 Å². The second-order valence-electron chi connectivity index (χ2n) is 4.79. The summed E-state index contributed by atoms with van der Waals surface area (Å²) in [6, 6.07) is 2.97. The van der Waals surface area contributed by atoms with Gasteiger partial charge in [0.15, 0.2) is 5.82 Å². The number of H-pyrrole nitrogens is 1. The summed E-state index contributed by atoms with van der Waals surface area (Å²) in [5.74, 6) is 0.493. The van der Waals surface area contributed by atoms with Gasteiger partial charge in [0.1, 0.15) is 10.6 Å². The number of sulfonamides is 1. The van der Waals surface area contributed by atoms with Gasteiger partial charge < -0.3 is 10.5 Å². The van der Waals surface area contributed by atoms with E-state index in [4.69, 9.17) is 10.5 Å². The average molecular weight is 310 g/mol. The smallest absolute Gasteiger partial charge is 0.266 e. The van der Waals surface area contributed by atoms with Crippen LogP contribution in [-0.2, 0) is 10.0 Å². The number of rotatable bonds is 4. The zero-order valence-corrected chi connectivity index (χ0v) is 13.1. The van der Waals surface area contributed by atoms with Crippen LogP contribution >= 0.6 is 0 Å². The molecule has 2 aromatic rings. The fourth-order valence-electron chi connectivity index (χ4n) is 1.81. The number of aromatic nitrogens is 2. The maximum atomic E-state index is 12.5. The summed E-state index contributed by atoms with van der Waals surface area (Å²) in [5, 5.41) is 6.66. The Morgan fingerprint density at radius 3 is 2.48 bits per heavy atom. The van der Waals surface area contributed by atoms with Crippen molar-refractivity contribution in [2.75, 3.05) is 17.6 Å². The zero-order valence-electron chi connectivity index (χ0n) is 12.3. The lowest BCUT2D eigenvalue weighted by atomic mass is 10.2. The fourth-order valence-corrected chi connectivity index (χ4v) is 3.07. The van der Waals surface area contributed by atoms with E-state index in [0.29, 0.717) is 5.69 Å². The Bertz CT molecular complexity index is 781. The van der Waals surface area contributed by atoms with Crippen LogP contribution in [-0.4, -0.2) is 25.7 Å². The number of aromatic amines is 1. The van der Waals surface area contributed by atoms with Gasteiger partial charge in [-0.15, -0.1) is 0 Å². The predicted octanol–water partition coefficient (Wildman–Crippen LogP) is 1.73. The van der Waals surface area contributed by atoms with Crippen molar-refractivity contribution in [2.24, 2.45) is 0 Å². The Hall–Kier alpha value is -2.22. The first kappa shape index (κ1) is 15.2. The molecule has 114 valence electrons. The van der Waals surface area contributed by atoms with Gasteiger partial charge >= 0.3 is 0 Å². The first-order valence-electron chi connectivity index (χ1n) is 6.24. The Labute approximate surface area is 123 Å². The molecule has 0 unspecified atom stereocenters. The lowest BCUT2D eigenvalue weighted by molar-refractivity contribution is 0.402. The minimum absolute atomic E-state index is 0.0202. The highest BCUT2D eigenvalue weighted by atomic mass is 32.2. The molecular weight excluding hydrogens is 292 g/mol. The molecule has 21 heavy (non-hydrogen) atoms. The van der Waals surface area contributed by atoms with Crippen molar-refractivity contribution < 1.29 is 13.2 Å². The summed E-state index contributed by atoms with van der Waals surface area (Å²) in [7, 11) is -2.43. The quantitative estimate of drug-likeness (QED) is 0.745. The van der Waals surface area contributed by atoms with Crippen molar-refractivity contribution in [2.45, 2.75) is 25.7 Å². The number of nitrogens with zero attached hydrogens (tertiary/aromatic N) is 1. The number of nitrogens with two attached hydrogens (primary N) is 1. The van der Waals surface area contributed by atoms with Gasteiger partial charge in [-0.25, -0.2) is 8.42 Å². The standard InChI is InChI=1S/C13H18N4O3S/c1-7-5-11(20-4)12(6-10(7)14)21(18,19)17-13-8(2)9(3)15-16-13/h5-6H,14H2,1-4H3,(H2,15,16,17). The summed E-state index contributed by atoms with van der Waals surface area (Å²) in [6.07, 6.45) is 0. The van der Waals surface area contributed by atoms with Gasteiger partial charge in [0.05, 0.1) is 7.11 Å². The van der Waals surface area contributed by atoms with E-state index in [1.165, 1.54) is 13.2 Å². The number of aryl methyl sites for hydroxylation is 2. The molecule has 0 atom stereocenters. The Balaban J connectivity index is 2.49. The summed E-state index contributed by atoms with van der Waals surface area (Å²) in [5.41, 5.74) is 8.46. The molecule has 0 bridgehead atoms. The Morgan fingerprint density at radius 2 is 1.95 bits per heavy atom. The van der Waals surface area contributed by atoms with Crippen molar-refractivity contribution in [1.82, 2.24) is 10.2 Å². The summed E-state index contributed by atoms with van der Waals surface area (Å²) >= 11 is 0. The number of methoxy groups -OCH3 is 1. The van der Waals surface area contributed by atoms with E-state index >= 15 is 0 Å². The summed E-state index contributed by atoms with van der Waals surface area (Å²) in [6.45, 7) is 5.37. The molecule has 0 saturated carbocycles. The van der Waals surface area contributed by atoms with Crippen LogP contribution in [0.15, 0.2) is 17.0 Å². The highest BCUT2D eigenvalue weighted by molar-refractivity contribution is 7.92. The minimum atomic E-state index is -3.84. The molecule has 0 aliphatic rings. The molecule has 1 aromatic carbocycles. The zero-order chi connectivity index (χ0) is 15.8. The maximum Gasteiger partial charge on any atom is 0.266 e. The molecule has 0 saturated heterocycles. The Morgan fingerprint density at radius 1 is 1.29 bits per heavy atom. The van der Waals surface area contributed by atoms with E-state index in [2.05, 4.69) is 14.9 Å². The van der Waals surface area contributed by atoms with Crippen molar-refractivity contribution in [1.29, 1.82) is 0 Å². The number of anilines is 2. The fraction of sp³-hybridized carbons (Fsp3) is 0.308. The molecule has 0 spiro atoms. The van der Waals surface area contributed by atoms with Crippen molar-refractivity contribution in [3.63, 3.8) is 0 Å². The van der Waals surface area contributed by atoms with Crippen molar-refractivity contribution in [3.8, 4) is 5.75 Å². The predicted molar refractivity (Wildman–Crippen MR) is 81.0 cm³/mol. The van der Waals surface area contributed by atoms with Crippen LogP contribution in [0, 0.1) is 20.8 Å². The molecule has 1 aromatic heterocycles. The molecule has 1 heterocycles. The van der Waals surface area contributed by atoms with Gasteiger partial charge in [-0.05, 0) is 38.5 Å². The second-order valence-corrected chi connectivity index (χ2v) is 6.44. The van der Waals surface area contributed by atoms with E-state index in [1.54, 1.807) is 19.9 Å². The van der Waals surface area contributed by atoms with Gasteiger partial charge in [0, 0.05) is 16.9 Å². The van der Waals surface area contributed by atoms with Crippen LogP contribution in [0.2, 0.25) is 0 Å². The van der Waals surface area contributed by atoms with E-state index in [9.17, 15) is 8.42 Å². The topological polar surface area (TPSA) is 110 Å². The van der Waals surface area contributed by atoms with E-state index in [1.807, 2.05) is 6.92 Å². The van der Waals surface area contributed by atoms with Gasteiger partial charge in [0.2, 0.25) is 0 Å². The summed E-state index contributed by atoms with van der Waals surface area (Å²) < 4.78 is 32.6. The third-order valence-electron chi connectivity index (χ3n) is 3.33. The Kier molecular flexibility index (Phi) is 3.82. The molecule has 7 nitrogen and oxygen atoms in total. The monoisotopic (exact) mass is 310 g/mol. The van der Waals surface area contributed by atoms with Crippen LogP contribution < -0.4 is 15.2 Å². The van der Waals surface area contributed by atoms with Crippen LogP contribution in [0.1, 0.15) is 16.8 Å². The molecule has 0 radical (unpaired) electrons. The second kappa shape index (κ2) is 5.28. The number of nitrogen functional groups attached to an aromatic ring is 1. The molecular formula is C13H18N4O3S. The molecule has 8 heteroatoms. The average Bonchev–Trinajstić information content (AvgIpc) is 2.72. The number of hydrogen-bond donors (Lipinski definition) is 3. The maximum absolute atomic E-state index is 12.5. The number of benzene rings is 1. The normalized spacial score (nSPS) is 11.4. The van der Waals surface area contributed by atoms with Crippen LogP contribution in [0.3, 0.4) is 0 Å². The third kappa shape index (κ3) is 2.80. The first-order valence-corrected chi connectivity index (χ1v) is 7.73. The lowest BCUT2D eigenvalue weighted by Crippen LogP contribution is -2.15. The first-order chi connectivity index (χ1) is 9.76. The van der Waals surface area contributed by atoms with Gasteiger partial charge in [-0.3, -0.25) is 9.82 Å². The van der Waals surface area contributed by atoms with Crippen LogP contribution in [0.25, 0.3) is 0 Å². The van der Waals surface area contributed by atoms with Crippen molar-refractivity contribution >= 4 is 21.5 Å².